The number of likely N-dealkylation sites (tertiary alicyclic amines) is 1. The number of aryl methyl sites for hydroxylation is 1. The molecule has 10 nitrogen and oxygen atoms in total. The number of hydrogen-bond donors (Lipinski definition) is 0. The first-order valence-corrected chi connectivity index (χ1v) is 15.6. The van der Waals surface area contributed by atoms with E-state index in [1.165, 1.54) is 32.2 Å². The third-order valence-corrected chi connectivity index (χ3v) is 8.08. The summed E-state index contributed by atoms with van der Waals surface area (Å²) in [6.07, 6.45) is 10.0. The number of ether oxygens (including phenoxy) is 2. The van der Waals surface area contributed by atoms with Gasteiger partial charge in [-0.3, -0.25) is 9.67 Å². The third kappa shape index (κ3) is 6.89. The van der Waals surface area contributed by atoms with Crippen LogP contribution in [0.5, 0.6) is 11.5 Å². The van der Waals surface area contributed by atoms with E-state index >= 15 is 0 Å². The normalized spacial score (nSPS) is 14.1. The fourth-order valence-electron chi connectivity index (χ4n) is 5.00. The van der Waals surface area contributed by atoms with E-state index in [1.54, 1.807) is 37.5 Å². The summed E-state index contributed by atoms with van der Waals surface area (Å²) in [5.74, 6) is 1.49. The maximum absolute atomic E-state index is 11.5. The quantitative estimate of drug-likeness (QED) is 0.251. The number of aromatic nitrogens is 4. The largest absolute Gasteiger partial charge is 0.497 e. The van der Waals surface area contributed by atoms with E-state index in [-0.39, 0.29) is 5.75 Å². The predicted molar refractivity (Wildman–Crippen MR) is 157 cm³/mol. The van der Waals surface area contributed by atoms with Crippen molar-refractivity contribution in [2.45, 2.75) is 25.8 Å². The smallest absolute Gasteiger partial charge is 0.149 e. The summed E-state index contributed by atoms with van der Waals surface area (Å²) >= 11 is 0. The summed E-state index contributed by atoms with van der Waals surface area (Å²) < 4.78 is 35.8. The molecule has 2 aromatic heterocycles. The molecular formula is C29H36N6O4S. The lowest BCUT2D eigenvalue weighted by molar-refractivity contribution is 0.336. The Morgan fingerprint density at radius 1 is 0.925 bits per heavy atom. The first-order chi connectivity index (χ1) is 19.3. The molecule has 0 spiro atoms. The molecule has 2 aromatic carbocycles. The van der Waals surface area contributed by atoms with Gasteiger partial charge in [-0.25, -0.2) is 13.4 Å². The molecule has 3 heterocycles. The molecule has 1 aliphatic heterocycles. The highest BCUT2D eigenvalue weighted by molar-refractivity contribution is 7.90. The van der Waals surface area contributed by atoms with E-state index in [4.69, 9.17) is 14.5 Å². The lowest BCUT2D eigenvalue weighted by atomic mass is 10.1. The van der Waals surface area contributed by atoms with Crippen LogP contribution in [0.3, 0.4) is 0 Å². The summed E-state index contributed by atoms with van der Waals surface area (Å²) in [4.78, 5) is 14.3. The van der Waals surface area contributed by atoms with Crippen molar-refractivity contribution in [2.24, 2.45) is 0 Å². The zero-order valence-corrected chi connectivity index (χ0v) is 24.1. The standard InChI is InChI=1S/C29H36N6O4S/c1-38-25-15-24(16-26(18-25)39-2)35(12-6-11-33-9-4-5-10-33)23-7-8-27-28(17-23)32-29(20-30-27)22-19-31-34(21-22)13-14-40(3,36)37/h7-8,15-21H,4-6,9-14H2,1-3H3. The average molecular weight is 565 g/mol. The third-order valence-electron chi connectivity index (χ3n) is 7.16. The Morgan fingerprint density at radius 2 is 1.68 bits per heavy atom. The van der Waals surface area contributed by atoms with Crippen LogP contribution in [0.1, 0.15) is 19.3 Å². The molecule has 1 fully saturated rings. The van der Waals surface area contributed by atoms with Gasteiger partial charge in [0.2, 0.25) is 0 Å². The van der Waals surface area contributed by atoms with E-state index in [2.05, 4.69) is 32.0 Å². The molecule has 212 valence electrons. The highest BCUT2D eigenvalue weighted by atomic mass is 32.2. The van der Waals surface area contributed by atoms with Crippen LogP contribution in [0.15, 0.2) is 55.0 Å². The first kappa shape index (κ1) is 27.9. The number of nitrogens with zero attached hydrogens (tertiary/aromatic N) is 6. The molecule has 40 heavy (non-hydrogen) atoms. The molecule has 0 N–H and O–H groups in total. The molecule has 0 atom stereocenters. The van der Waals surface area contributed by atoms with Crippen molar-refractivity contribution in [1.82, 2.24) is 24.6 Å². The number of benzene rings is 2. The van der Waals surface area contributed by atoms with Gasteiger partial charge in [-0.1, -0.05) is 0 Å². The van der Waals surface area contributed by atoms with Crippen molar-refractivity contribution in [1.29, 1.82) is 0 Å². The monoisotopic (exact) mass is 564 g/mol. The lowest BCUT2D eigenvalue weighted by Crippen LogP contribution is -2.26. The fraction of sp³-hybridized carbons (Fsp3) is 0.414. The molecule has 1 saturated heterocycles. The van der Waals surface area contributed by atoms with Gasteiger partial charge < -0.3 is 19.3 Å². The SMILES string of the molecule is COc1cc(OC)cc(N(CCCN2CCCC2)c2ccc3ncc(-c4cnn(CCS(C)(=O)=O)c4)nc3c2)c1. The lowest BCUT2D eigenvalue weighted by Gasteiger charge is -2.27. The molecule has 5 rings (SSSR count). The number of hydrogen-bond acceptors (Lipinski definition) is 9. The minimum absolute atomic E-state index is 0.0313. The topological polar surface area (TPSA) is 103 Å². The highest BCUT2D eigenvalue weighted by Crippen LogP contribution is 2.34. The van der Waals surface area contributed by atoms with Crippen molar-refractivity contribution >= 4 is 32.2 Å². The van der Waals surface area contributed by atoms with Crippen molar-refractivity contribution in [2.75, 3.05) is 57.3 Å². The zero-order chi connectivity index (χ0) is 28.1. The average Bonchev–Trinajstić information content (AvgIpc) is 3.65. The van der Waals surface area contributed by atoms with Crippen molar-refractivity contribution in [3.05, 3.63) is 55.0 Å². The van der Waals surface area contributed by atoms with Gasteiger partial charge in [0.1, 0.15) is 21.3 Å². The first-order valence-electron chi connectivity index (χ1n) is 13.5. The van der Waals surface area contributed by atoms with E-state index < -0.39 is 9.84 Å². The molecular weight excluding hydrogens is 528 g/mol. The van der Waals surface area contributed by atoms with E-state index in [9.17, 15) is 8.42 Å². The second kappa shape index (κ2) is 12.2. The molecule has 0 saturated carbocycles. The fourth-order valence-corrected chi connectivity index (χ4v) is 5.52. The number of fused-ring (bicyclic) bond motifs is 1. The molecule has 0 aliphatic carbocycles. The highest BCUT2D eigenvalue weighted by Gasteiger charge is 2.17. The Balaban J connectivity index is 1.45. The zero-order valence-electron chi connectivity index (χ0n) is 23.3. The van der Waals surface area contributed by atoms with Gasteiger partial charge >= 0.3 is 0 Å². The van der Waals surface area contributed by atoms with Crippen molar-refractivity contribution in [3.63, 3.8) is 0 Å². The second-order valence-electron chi connectivity index (χ2n) is 10.2. The number of sulfone groups is 1. The van der Waals surface area contributed by atoms with Gasteiger partial charge in [-0.05, 0) is 57.1 Å². The van der Waals surface area contributed by atoms with Crippen LogP contribution in [-0.4, -0.2) is 85.5 Å². The molecule has 0 amide bonds. The minimum Gasteiger partial charge on any atom is -0.497 e. The van der Waals surface area contributed by atoms with Crippen LogP contribution in [0, 0.1) is 0 Å². The van der Waals surface area contributed by atoms with Crippen molar-refractivity contribution in [3.8, 4) is 22.8 Å². The van der Waals surface area contributed by atoms with Crippen LogP contribution >= 0.6 is 0 Å². The summed E-state index contributed by atoms with van der Waals surface area (Å²) in [5, 5.41) is 4.31. The number of rotatable bonds is 12. The van der Waals surface area contributed by atoms with Crippen LogP contribution in [0.4, 0.5) is 11.4 Å². The van der Waals surface area contributed by atoms with Gasteiger partial charge in [-0.15, -0.1) is 0 Å². The van der Waals surface area contributed by atoms with E-state index in [0.29, 0.717) is 12.2 Å². The minimum atomic E-state index is -3.08. The Bertz CT molecular complexity index is 1540. The van der Waals surface area contributed by atoms with Crippen LogP contribution in [-0.2, 0) is 16.4 Å². The Labute approximate surface area is 235 Å². The molecule has 11 heteroatoms. The van der Waals surface area contributed by atoms with Crippen LogP contribution in [0.2, 0.25) is 0 Å². The van der Waals surface area contributed by atoms with Gasteiger partial charge in [0.05, 0.1) is 55.6 Å². The molecule has 1 aliphatic rings. The molecule has 0 unspecified atom stereocenters. The van der Waals surface area contributed by atoms with E-state index in [0.717, 1.165) is 59.0 Å². The molecule has 0 bridgehead atoms. The predicted octanol–water partition coefficient (Wildman–Crippen LogP) is 4.18. The summed E-state index contributed by atoms with van der Waals surface area (Å²) in [6, 6.07) is 12.0. The van der Waals surface area contributed by atoms with Crippen molar-refractivity contribution < 1.29 is 17.9 Å². The molecule has 4 aromatic rings. The number of methoxy groups -OCH3 is 2. The van der Waals surface area contributed by atoms with Gasteiger partial charge in [0.25, 0.3) is 0 Å². The maximum atomic E-state index is 11.5. The summed E-state index contributed by atoms with van der Waals surface area (Å²) in [5.41, 5.74) is 5.00. The summed E-state index contributed by atoms with van der Waals surface area (Å²) in [7, 11) is 0.244. The van der Waals surface area contributed by atoms with Gasteiger partial charge in [0.15, 0.2) is 0 Å². The maximum Gasteiger partial charge on any atom is 0.149 e. The van der Waals surface area contributed by atoms with Gasteiger partial charge in [-0.2, -0.15) is 5.10 Å². The van der Waals surface area contributed by atoms with Crippen LogP contribution in [0.25, 0.3) is 22.3 Å². The Kier molecular flexibility index (Phi) is 8.51. The Morgan fingerprint density at radius 3 is 2.38 bits per heavy atom. The van der Waals surface area contributed by atoms with Crippen LogP contribution < -0.4 is 14.4 Å². The van der Waals surface area contributed by atoms with Gasteiger partial charge in [0, 0.05) is 54.1 Å². The number of anilines is 2. The second-order valence-corrected chi connectivity index (χ2v) is 12.4. The Hall–Kier alpha value is -3.70. The summed E-state index contributed by atoms with van der Waals surface area (Å²) in [6.45, 7) is 4.51. The molecule has 0 radical (unpaired) electrons. The van der Waals surface area contributed by atoms with E-state index in [1.807, 2.05) is 24.3 Å².